The molecule has 3 aromatic carbocycles. The molecule has 0 saturated carbocycles. The van der Waals surface area contributed by atoms with Crippen LogP contribution < -0.4 is 10.9 Å². The molecule has 1 atom stereocenters. The molecule has 5 rings (SSSR count). The Morgan fingerprint density at radius 3 is 2.45 bits per heavy atom. The first-order chi connectivity index (χ1) is 14.8. The van der Waals surface area contributed by atoms with Gasteiger partial charge >= 0.3 is 0 Å². The third-order valence-corrected chi connectivity index (χ3v) is 6.01. The molecular weight excluding hydrogens is 386 g/mol. The molecule has 0 bridgehead atoms. The van der Waals surface area contributed by atoms with Crippen LogP contribution in [0.15, 0.2) is 53.3 Å². The molecule has 31 heavy (non-hydrogen) atoms. The van der Waals surface area contributed by atoms with E-state index in [9.17, 15) is 9.59 Å². The number of rotatable bonds is 2. The van der Waals surface area contributed by atoms with Crippen molar-refractivity contribution < 1.29 is 4.79 Å². The highest BCUT2D eigenvalue weighted by Crippen LogP contribution is 2.31. The number of carbonyl (C=O) groups excluding carboxylic acids is 1. The molecule has 5 heteroatoms. The van der Waals surface area contributed by atoms with Crippen molar-refractivity contribution in [1.82, 2.24) is 14.9 Å². The lowest BCUT2D eigenvalue weighted by molar-refractivity contribution is 0.0933. The quantitative estimate of drug-likeness (QED) is 0.506. The first-order valence-electron chi connectivity index (χ1n) is 10.7. The molecule has 1 aromatic heterocycles. The molecule has 1 aliphatic rings. The van der Waals surface area contributed by atoms with Gasteiger partial charge in [0.25, 0.3) is 11.5 Å². The number of fused-ring (bicyclic) bond motifs is 5. The molecular formula is C26H25N3O2. The van der Waals surface area contributed by atoms with Crippen molar-refractivity contribution in [2.75, 3.05) is 0 Å². The van der Waals surface area contributed by atoms with Crippen LogP contribution in [0.1, 0.15) is 53.6 Å². The summed E-state index contributed by atoms with van der Waals surface area (Å²) in [5.74, 6) is 0.748. The lowest BCUT2D eigenvalue weighted by atomic mass is 10.0. The first kappa shape index (κ1) is 19.5. The molecule has 4 aromatic rings. The van der Waals surface area contributed by atoms with Crippen molar-refractivity contribution in [3.63, 3.8) is 0 Å². The molecule has 0 spiro atoms. The molecule has 156 valence electrons. The maximum atomic E-state index is 13.9. The predicted molar refractivity (Wildman–Crippen MR) is 124 cm³/mol. The number of amides is 1. The van der Waals surface area contributed by atoms with E-state index in [4.69, 9.17) is 4.98 Å². The van der Waals surface area contributed by atoms with Crippen LogP contribution in [0.25, 0.3) is 27.4 Å². The molecule has 1 unspecified atom stereocenters. The Bertz CT molecular complexity index is 1430. The summed E-state index contributed by atoms with van der Waals surface area (Å²) in [5, 5.41) is 5.70. The van der Waals surface area contributed by atoms with Gasteiger partial charge in [-0.2, -0.15) is 0 Å². The monoisotopic (exact) mass is 411 g/mol. The second-order valence-corrected chi connectivity index (χ2v) is 8.96. The Kier molecular flexibility index (Phi) is 4.43. The van der Waals surface area contributed by atoms with E-state index in [1.807, 2.05) is 62.4 Å². The van der Waals surface area contributed by atoms with Crippen LogP contribution in [0.2, 0.25) is 0 Å². The number of aryl methyl sites for hydroxylation is 2. The second kappa shape index (κ2) is 7.05. The van der Waals surface area contributed by atoms with Gasteiger partial charge in [-0.15, -0.1) is 0 Å². The largest absolute Gasteiger partial charge is 0.342 e. The van der Waals surface area contributed by atoms with E-state index in [0.717, 1.165) is 21.9 Å². The van der Waals surface area contributed by atoms with Gasteiger partial charge in [0.2, 0.25) is 0 Å². The van der Waals surface area contributed by atoms with Crippen molar-refractivity contribution in [1.29, 1.82) is 0 Å². The number of nitrogens with zero attached hydrogens (tertiary/aromatic N) is 2. The van der Waals surface area contributed by atoms with Crippen LogP contribution in [-0.2, 0) is 0 Å². The minimum Gasteiger partial charge on any atom is -0.342 e. The minimum absolute atomic E-state index is 0.126. The molecule has 0 saturated heterocycles. The van der Waals surface area contributed by atoms with Crippen molar-refractivity contribution in [2.24, 2.45) is 5.92 Å². The smallest absolute Gasteiger partial charge is 0.266 e. The van der Waals surface area contributed by atoms with Gasteiger partial charge in [-0.1, -0.05) is 44.2 Å². The number of hydrogen-bond donors (Lipinski definition) is 1. The fourth-order valence-electron chi connectivity index (χ4n) is 4.70. The molecule has 1 amide bonds. The second-order valence-electron chi connectivity index (χ2n) is 8.96. The summed E-state index contributed by atoms with van der Waals surface area (Å²) in [4.78, 5) is 32.1. The lowest BCUT2D eigenvalue weighted by Gasteiger charge is -2.21. The highest BCUT2D eigenvalue weighted by molar-refractivity contribution is 6.03. The summed E-state index contributed by atoms with van der Waals surface area (Å²) >= 11 is 0. The standard InChI is InChI=1S/C26H25N3O2/c1-14(2)9-21-24-27-20-11-15(3)10-16(4)23(20)26(31)29(24)22-13-18-8-6-5-7-17(18)12-19(22)25(30)28-21/h5-8,10-14,21H,9H2,1-4H3,(H,28,30). The van der Waals surface area contributed by atoms with Crippen LogP contribution in [0, 0.1) is 19.8 Å². The molecule has 1 N–H and O–H groups in total. The van der Waals surface area contributed by atoms with Crippen LogP contribution >= 0.6 is 0 Å². The Hall–Kier alpha value is -3.47. The van der Waals surface area contributed by atoms with Gasteiger partial charge in [0.1, 0.15) is 5.82 Å². The van der Waals surface area contributed by atoms with E-state index < -0.39 is 0 Å². The predicted octanol–water partition coefficient (Wildman–Crippen LogP) is 4.99. The van der Waals surface area contributed by atoms with Crippen LogP contribution in [0.4, 0.5) is 0 Å². The summed E-state index contributed by atoms with van der Waals surface area (Å²) in [6, 6.07) is 15.3. The number of benzene rings is 3. The summed E-state index contributed by atoms with van der Waals surface area (Å²) in [7, 11) is 0. The van der Waals surface area contributed by atoms with E-state index in [2.05, 4.69) is 19.2 Å². The molecule has 5 nitrogen and oxygen atoms in total. The lowest BCUT2D eigenvalue weighted by Crippen LogP contribution is -2.31. The van der Waals surface area contributed by atoms with Gasteiger partial charge in [0.05, 0.1) is 28.2 Å². The SMILES string of the molecule is Cc1cc(C)c2c(=O)n3c(nc2c1)C(CC(C)C)NC(=O)c1cc2ccccc2cc1-3. The van der Waals surface area contributed by atoms with E-state index in [1.54, 1.807) is 4.57 Å². The first-order valence-corrected chi connectivity index (χ1v) is 10.7. The van der Waals surface area contributed by atoms with Gasteiger partial charge in [0, 0.05) is 0 Å². The summed E-state index contributed by atoms with van der Waals surface area (Å²) in [5.41, 5.74) is 3.61. The third-order valence-electron chi connectivity index (χ3n) is 6.01. The van der Waals surface area contributed by atoms with Crippen LogP contribution in [-0.4, -0.2) is 15.5 Å². The maximum absolute atomic E-state index is 13.9. The maximum Gasteiger partial charge on any atom is 0.266 e. The molecule has 0 fully saturated rings. The van der Waals surface area contributed by atoms with Crippen molar-refractivity contribution in [2.45, 2.75) is 40.2 Å². The normalized spacial score (nSPS) is 15.6. The highest BCUT2D eigenvalue weighted by Gasteiger charge is 2.30. The molecule has 0 aliphatic carbocycles. The number of hydrogen-bond acceptors (Lipinski definition) is 3. The zero-order valence-corrected chi connectivity index (χ0v) is 18.2. The molecule has 2 heterocycles. The number of aromatic nitrogens is 2. The Morgan fingerprint density at radius 2 is 1.74 bits per heavy atom. The van der Waals surface area contributed by atoms with E-state index in [1.165, 1.54) is 0 Å². The third kappa shape index (κ3) is 3.12. The Balaban J connectivity index is 1.93. The summed E-state index contributed by atoms with van der Waals surface area (Å²) in [6.07, 6.45) is 0.696. The Labute approximate surface area is 180 Å². The van der Waals surface area contributed by atoms with Gasteiger partial charge < -0.3 is 5.32 Å². The molecule has 1 aliphatic heterocycles. The van der Waals surface area contributed by atoms with Crippen molar-refractivity contribution in [3.8, 4) is 5.69 Å². The van der Waals surface area contributed by atoms with Crippen molar-refractivity contribution >= 4 is 27.6 Å². The summed E-state index contributed by atoms with van der Waals surface area (Å²) in [6.45, 7) is 8.16. The average Bonchev–Trinajstić information content (AvgIpc) is 2.81. The Morgan fingerprint density at radius 1 is 1.03 bits per heavy atom. The summed E-state index contributed by atoms with van der Waals surface area (Å²) < 4.78 is 1.66. The molecule has 0 radical (unpaired) electrons. The fourth-order valence-corrected chi connectivity index (χ4v) is 4.70. The minimum atomic E-state index is -0.346. The van der Waals surface area contributed by atoms with Gasteiger partial charge in [-0.05, 0) is 66.3 Å². The number of nitrogens with one attached hydrogen (secondary N) is 1. The van der Waals surface area contributed by atoms with Crippen LogP contribution in [0.3, 0.4) is 0 Å². The highest BCUT2D eigenvalue weighted by atomic mass is 16.2. The number of carbonyl (C=O) groups is 1. The van der Waals surface area contributed by atoms with Gasteiger partial charge in [-0.25, -0.2) is 4.98 Å². The fraction of sp³-hybridized carbons (Fsp3) is 0.269. The van der Waals surface area contributed by atoms with E-state index in [-0.39, 0.29) is 17.5 Å². The van der Waals surface area contributed by atoms with Crippen LogP contribution in [0.5, 0.6) is 0 Å². The zero-order chi connectivity index (χ0) is 21.9. The van der Waals surface area contributed by atoms with E-state index >= 15 is 0 Å². The van der Waals surface area contributed by atoms with Gasteiger partial charge in [-0.3, -0.25) is 14.2 Å². The van der Waals surface area contributed by atoms with E-state index in [0.29, 0.717) is 40.3 Å². The van der Waals surface area contributed by atoms with Crippen molar-refractivity contribution in [3.05, 3.63) is 81.4 Å². The zero-order valence-electron chi connectivity index (χ0n) is 18.2. The van der Waals surface area contributed by atoms with Gasteiger partial charge in [0.15, 0.2) is 0 Å². The topological polar surface area (TPSA) is 64.0 Å². The average molecular weight is 412 g/mol.